The lowest BCUT2D eigenvalue weighted by Gasteiger charge is -2.07. The summed E-state index contributed by atoms with van der Waals surface area (Å²) in [5.74, 6) is 0.920. The van der Waals surface area contributed by atoms with Crippen LogP contribution in [0.25, 0.3) is 0 Å². The minimum atomic E-state index is -0.177. The third kappa shape index (κ3) is 5.75. The van der Waals surface area contributed by atoms with Gasteiger partial charge in [-0.1, -0.05) is 18.2 Å². The Kier molecular flexibility index (Phi) is 8.09. The van der Waals surface area contributed by atoms with Gasteiger partial charge in [-0.05, 0) is 31.5 Å². The smallest absolute Gasteiger partial charge is 0.287 e. The van der Waals surface area contributed by atoms with Gasteiger partial charge < -0.3 is 15.5 Å². The fourth-order valence-electron chi connectivity index (χ4n) is 1.82. The van der Waals surface area contributed by atoms with E-state index in [1.807, 2.05) is 43.3 Å². The number of furan rings is 1. The molecule has 1 unspecified atom stereocenters. The Balaban J connectivity index is 0.00000242. The molecule has 0 aliphatic rings. The molecule has 0 aliphatic heterocycles. The summed E-state index contributed by atoms with van der Waals surface area (Å²) >= 11 is 1.68. The number of hydrogen-bond donors (Lipinski definition) is 2. The van der Waals surface area contributed by atoms with Gasteiger partial charge in [-0.3, -0.25) is 4.79 Å². The zero-order valence-corrected chi connectivity index (χ0v) is 14.1. The molecule has 120 valence electrons. The summed E-state index contributed by atoms with van der Waals surface area (Å²) < 4.78 is 5.32. The minimum absolute atomic E-state index is 0. The van der Waals surface area contributed by atoms with Crippen LogP contribution in [-0.2, 0) is 5.75 Å². The summed E-state index contributed by atoms with van der Waals surface area (Å²) in [5, 5.41) is 2.83. The van der Waals surface area contributed by atoms with Crippen LogP contribution in [0.3, 0.4) is 0 Å². The SMILES string of the molecule is CC(N)CCNC(=O)c1occc1CSc1ccccc1.Cl. The van der Waals surface area contributed by atoms with Gasteiger partial charge in [0, 0.05) is 28.8 Å². The van der Waals surface area contributed by atoms with Gasteiger partial charge in [-0.25, -0.2) is 0 Å². The van der Waals surface area contributed by atoms with Crippen molar-refractivity contribution in [2.75, 3.05) is 6.54 Å². The molecular weight excluding hydrogens is 320 g/mol. The number of nitrogens with one attached hydrogen (secondary N) is 1. The molecule has 1 aromatic carbocycles. The van der Waals surface area contributed by atoms with Gasteiger partial charge in [0.05, 0.1) is 6.26 Å². The van der Waals surface area contributed by atoms with Crippen molar-refractivity contribution in [3.8, 4) is 0 Å². The van der Waals surface area contributed by atoms with E-state index >= 15 is 0 Å². The number of rotatable bonds is 7. The normalized spacial score (nSPS) is 11.5. The van der Waals surface area contributed by atoms with Gasteiger partial charge in [0.2, 0.25) is 0 Å². The average Bonchev–Trinajstić information content (AvgIpc) is 2.94. The molecule has 6 heteroatoms. The van der Waals surface area contributed by atoms with Gasteiger partial charge in [0.1, 0.15) is 0 Å². The standard InChI is InChI=1S/C16H20N2O2S.ClH/c1-12(17)7-9-18-16(19)15-13(8-10-20-15)11-21-14-5-3-2-4-6-14;/h2-6,8,10,12H,7,9,11,17H2,1H3,(H,18,19);1H. The Labute approximate surface area is 141 Å². The molecule has 0 saturated heterocycles. The van der Waals surface area contributed by atoms with E-state index in [-0.39, 0.29) is 24.4 Å². The molecule has 0 fully saturated rings. The van der Waals surface area contributed by atoms with Crippen LogP contribution in [0.15, 0.2) is 52.0 Å². The summed E-state index contributed by atoms with van der Waals surface area (Å²) in [5.41, 5.74) is 6.57. The van der Waals surface area contributed by atoms with Crippen molar-refractivity contribution in [3.63, 3.8) is 0 Å². The Morgan fingerprint density at radius 1 is 1.32 bits per heavy atom. The van der Waals surface area contributed by atoms with Crippen LogP contribution >= 0.6 is 24.2 Å². The van der Waals surface area contributed by atoms with Crippen LogP contribution in [0.2, 0.25) is 0 Å². The summed E-state index contributed by atoms with van der Waals surface area (Å²) in [4.78, 5) is 13.2. The first-order valence-corrected chi connectivity index (χ1v) is 7.93. The number of nitrogens with two attached hydrogens (primary N) is 1. The zero-order valence-electron chi connectivity index (χ0n) is 12.5. The van der Waals surface area contributed by atoms with Crippen molar-refractivity contribution in [1.29, 1.82) is 0 Å². The number of carbonyl (C=O) groups is 1. The Bertz CT molecular complexity index is 573. The second kappa shape index (κ2) is 9.56. The van der Waals surface area contributed by atoms with Crippen molar-refractivity contribution >= 4 is 30.1 Å². The molecule has 0 saturated carbocycles. The zero-order chi connectivity index (χ0) is 15.1. The van der Waals surface area contributed by atoms with Crippen LogP contribution in [-0.4, -0.2) is 18.5 Å². The molecule has 0 radical (unpaired) electrons. The fourth-order valence-corrected chi connectivity index (χ4v) is 2.72. The molecule has 1 aromatic heterocycles. The quantitative estimate of drug-likeness (QED) is 0.757. The van der Waals surface area contributed by atoms with Crippen LogP contribution in [0, 0.1) is 0 Å². The number of thioether (sulfide) groups is 1. The van der Waals surface area contributed by atoms with Crippen LogP contribution in [0.5, 0.6) is 0 Å². The summed E-state index contributed by atoms with van der Waals surface area (Å²) in [6.07, 6.45) is 2.31. The first-order chi connectivity index (χ1) is 10.2. The molecule has 2 aromatic rings. The van der Waals surface area contributed by atoms with Crippen molar-refractivity contribution in [3.05, 3.63) is 54.0 Å². The molecule has 1 heterocycles. The predicted molar refractivity (Wildman–Crippen MR) is 92.6 cm³/mol. The van der Waals surface area contributed by atoms with E-state index in [0.29, 0.717) is 18.1 Å². The highest BCUT2D eigenvalue weighted by Gasteiger charge is 2.15. The van der Waals surface area contributed by atoms with Crippen LogP contribution in [0.4, 0.5) is 0 Å². The maximum atomic E-state index is 12.1. The topological polar surface area (TPSA) is 68.3 Å². The van der Waals surface area contributed by atoms with Gasteiger partial charge in [-0.2, -0.15) is 0 Å². The number of carbonyl (C=O) groups excluding carboxylic acids is 1. The van der Waals surface area contributed by atoms with E-state index in [1.165, 1.54) is 4.90 Å². The third-order valence-corrected chi connectivity index (χ3v) is 4.04. The van der Waals surface area contributed by atoms with Crippen LogP contribution < -0.4 is 11.1 Å². The highest BCUT2D eigenvalue weighted by Crippen LogP contribution is 2.24. The van der Waals surface area contributed by atoms with Crippen molar-refractivity contribution in [1.82, 2.24) is 5.32 Å². The molecule has 0 aliphatic carbocycles. The predicted octanol–water partition coefficient (Wildman–Crippen LogP) is 3.46. The van der Waals surface area contributed by atoms with Crippen molar-refractivity contribution in [2.24, 2.45) is 5.73 Å². The number of benzene rings is 1. The van der Waals surface area contributed by atoms with Gasteiger partial charge in [-0.15, -0.1) is 24.2 Å². The number of amides is 1. The molecule has 4 nitrogen and oxygen atoms in total. The Morgan fingerprint density at radius 3 is 2.73 bits per heavy atom. The monoisotopic (exact) mass is 340 g/mol. The summed E-state index contributed by atoms with van der Waals surface area (Å²) in [6.45, 7) is 2.48. The van der Waals surface area contributed by atoms with E-state index in [1.54, 1.807) is 18.0 Å². The molecule has 22 heavy (non-hydrogen) atoms. The lowest BCUT2D eigenvalue weighted by molar-refractivity contribution is 0.0924. The lowest BCUT2D eigenvalue weighted by Crippen LogP contribution is -2.29. The summed E-state index contributed by atoms with van der Waals surface area (Å²) in [7, 11) is 0. The maximum absolute atomic E-state index is 12.1. The van der Waals surface area contributed by atoms with Crippen molar-refractivity contribution < 1.29 is 9.21 Å². The lowest BCUT2D eigenvalue weighted by atomic mass is 10.2. The third-order valence-electron chi connectivity index (χ3n) is 2.98. The molecule has 1 amide bonds. The van der Waals surface area contributed by atoms with E-state index in [4.69, 9.17) is 10.2 Å². The maximum Gasteiger partial charge on any atom is 0.287 e. The van der Waals surface area contributed by atoms with E-state index < -0.39 is 0 Å². The second-order valence-corrected chi connectivity index (χ2v) is 5.95. The average molecular weight is 341 g/mol. The fraction of sp³-hybridized carbons (Fsp3) is 0.312. The first-order valence-electron chi connectivity index (χ1n) is 6.95. The highest BCUT2D eigenvalue weighted by atomic mass is 35.5. The number of hydrogen-bond acceptors (Lipinski definition) is 4. The van der Waals surface area contributed by atoms with E-state index in [2.05, 4.69) is 5.32 Å². The Morgan fingerprint density at radius 2 is 2.05 bits per heavy atom. The van der Waals surface area contributed by atoms with Gasteiger partial charge in [0.15, 0.2) is 5.76 Å². The molecule has 3 N–H and O–H groups in total. The second-order valence-electron chi connectivity index (χ2n) is 4.90. The first kappa shape index (κ1) is 18.6. The largest absolute Gasteiger partial charge is 0.459 e. The molecule has 0 spiro atoms. The minimum Gasteiger partial charge on any atom is -0.459 e. The molecule has 0 bridgehead atoms. The summed E-state index contributed by atoms with van der Waals surface area (Å²) in [6, 6.07) is 12.0. The van der Waals surface area contributed by atoms with Gasteiger partial charge >= 0.3 is 0 Å². The van der Waals surface area contributed by atoms with E-state index in [0.717, 1.165) is 12.0 Å². The van der Waals surface area contributed by atoms with Gasteiger partial charge in [0.25, 0.3) is 5.91 Å². The Hall–Kier alpha value is -1.43. The van der Waals surface area contributed by atoms with E-state index in [9.17, 15) is 4.79 Å². The number of halogens is 1. The molecule has 2 rings (SSSR count). The highest BCUT2D eigenvalue weighted by molar-refractivity contribution is 7.98. The molecule has 1 atom stereocenters. The van der Waals surface area contributed by atoms with Crippen molar-refractivity contribution in [2.45, 2.75) is 30.0 Å². The molecular formula is C16H21ClN2O2S. The van der Waals surface area contributed by atoms with Crippen LogP contribution in [0.1, 0.15) is 29.5 Å².